The van der Waals surface area contributed by atoms with Gasteiger partial charge in [0.2, 0.25) is 0 Å². The molecule has 0 unspecified atom stereocenters. The van der Waals surface area contributed by atoms with Crippen LogP contribution in [-0.2, 0) is 17.1 Å². The third kappa shape index (κ3) is 2.50. The molecule has 0 atom stereocenters. The van der Waals surface area contributed by atoms with Gasteiger partial charge in [0.05, 0.1) is 6.61 Å². The van der Waals surface area contributed by atoms with Gasteiger partial charge in [-0.3, -0.25) is 4.84 Å². The summed E-state index contributed by atoms with van der Waals surface area (Å²) >= 11 is 0. The zero-order chi connectivity index (χ0) is 12.5. The van der Waals surface area contributed by atoms with Gasteiger partial charge in [-0.2, -0.15) is 0 Å². The highest BCUT2D eigenvalue weighted by Gasteiger charge is 2.25. The lowest BCUT2D eigenvalue weighted by Gasteiger charge is -2.24. The van der Waals surface area contributed by atoms with Gasteiger partial charge in [-0.25, -0.2) is 10.3 Å². The first-order chi connectivity index (χ1) is 8.02. The van der Waals surface area contributed by atoms with Gasteiger partial charge in [0.1, 0.15) is 18.9 Å². The van der Waals surface area contributed by atoms with E-state index in [2.05, 4.69) is 4.84 Å². The molecule has 5 heteroatoms. The van der Waals surface area contributed by atoms with Crippen molar-refractivity contribution < 1.29 is 18.7 Å². The van der Waals surface area contributed by atoms with E-state index in [1.807, 2.05) is 0 Å². The van der Waals surface area contributed by atoms with Crippen molar-refractivity contribution in [1.82, 2.24) is 0 Å². The molecule has 0 saturated carbocycles. The van der Waals surface area contributed by atoms with Crippen LogP contribution in [0.4, 0.5) is 4.39 Å². The van der Waals surface area contributed by atoms with E-state index < -0.39 is 5.67 Å². The number of benzene rings is 1. The monoisotopic (exact) mass is 241 g/mol. The molecule has 0 spiro atoms. The second kappa shape index (κ2) is 4.50. The van der Waals surface area contributed by atoms with E-state index in [4.69, 9.17) is 15.4 Å². The van der Waals surface area contributed by atoms with Crippen LogP contribution in [0.25, 0.3) is 0 Å². The van der Waals surface area contributed by atoms with Gasteiger partial charge in [-0.1, -0.05) is 0 Å². The summed E-state index contributed by atoms with van der Waals surface area (Å²) in [6.07, 6.45) is 0. The maximum atomic E-state index is 13.9. The first-order valence-corrected chi connectivity index (χ1v) is 5.46. The topological polar surface area (TPSA) is 53.7 Å². The molecule has 1 aromatic carbocycles. The van der Waals surface area contributed by atoms with E-state index >= 15 is 0 Å². The molecule has 0 radical (unpaired) electrons. The van der Waals surface area contributed by atoms with E-state index in [9.17, 15) is 4.39 Å². The Labute approximate surface area is 99.4 Å². The van der Waals surface area contributed by atoms with Crippen LogP contribution in [0, 0.1) is 0 Å². The molecule has 2 N–H and O–H groups in total. The van der Waals surface area contributed by atoms with Gasteiger partial charge in [0, 0.05) is 5.56 Å². The minimum absolute atomic E-state index is 0.162. The largest absolute Gasteiger partial charge is 0.486 e. The van der Waals surface area contributed by atoms with Crippen LogP contribution in [0.15, 0.2) is 12.1 Å². The van der Waals surface area contributed by atoms with Gasteiger partial charge >= 0.3 is 0 Å². The summed E-state index contributed by atoms with van der Waals surface area (Å²) in [6, 6.07) is 3.36. The fourth-order valence-corrected chi connectivity index (χ4v) is 1.77. The smallest absolute Gasteiger partial charge is 0.166 e. The van der Waals surface area contributed by atoms with E-state index in [0.717, 1.165) is 0 Å². The SMILES string of the molecule is CC(C)(F)c1cc(CON)c2c(c1)OCCO2. The van der Waals surface area contributed by atoms with Crippen molar-refractivity contribution >= 4 is 0 Å². The molecule has 0 fully saturated rings. The predicted octanol–water partition coefficient (Wildman–Crippen LogP) is 2.05. The van der Waals surface area contributed by atoms with Gasteiger partial charge in [0.25, 0.3) is 0 Å². The summed E-state index contributed by atoms with van der Waals surface area (Å²) in [4.78, 5) is 4.60. The molecule has 1 aliphatic heterocycles. The minimum Gasteiger partial charge on any atom is -0.486 e. The van der Waals surface area contributed by atoms with Crippen molar-refractivity contribution in [3.8, 4) is 11.5 Å². The molecule has 0 aliphatic carbocycles. The van der Waals surface area contributed by atoms with Crippen molar-refractivity contribution in [2.24, 2.45) is 5.90 Å². The van der Waals surface area contributed by atoms with E-state index in [1.54, 1.807) is 12.1 Å². The van der Waals surface area contributed by atoms with Crippen LogP contribution in [0.3, 0.4) is 0 Å². The number of hydrogen-bond donors (Lipinski definition) is 1. The Morgan fingerprint density at radius 2 is 2.06 bits per heavy atom. The molecule has 0 aromatic heterocycles. The van der Waals surface area contributed by atoms with Crippen LogP contribution in [0.5, 0.6) is 11.5 Å². The molecule has 94 valence electrons. The molecule has 1 heterocycles. The standard InChI is InChI=1S/C12H16FNO3/c1-12(2,13)9-5-8(7-17-14)11-10(6-9)15-3-4-16-11/h5-6H,3-4,7,14H2,1-2H3. The van der Waals surface area contributed by atoms with Crippen LogP contribution in [0.2, 0.25) is 0 Å². The number of halogens is 1. The Bertz CT molecular complexity index is 415. The molecule has 1 aliphatic rings. The first-order valence-electron chi connectivity index (χ1n) is 5.46. The molecule has 17 heavy (non-hydrogen) atoms. The number of alkyl halides is 1. The molecule has 1 aromatic rings. The molecular weight excluding hydrogens is 225 g/mol. The van der Waals surface area contributed by atoms with Gasteiger partial charge in [0.15, 0.2) is 11.5 Å². The molecular formula is C12H16FNO3. The Morgan fingerprint density at radius 1 is 1.35 bits per heavy atom. The summed E-state index contributed by atoms with van der Waals surface area (Å²) in [5, 5.41) is 0. The summed E-state index contributed by atoms with van der Waals surface area (Å²) in [7, 11) is 0. The number of rotatable bonds is 3. The fraction of sp³-hybridized carbons (Fsp3) is 0.500. The van der Waals surface area contributed by atoms with Gasteiger partial charge in [-0.15, -0.1) is 0 Å². The zero-order valence-corrected chi connectivity index (χ0v) is 9.96. The number of nitrogens with two attached hydrogens (primary N) is 1. The second-order valence-corrected chi connectivity index (χ2v) is 4.44. The average molecular weight is 241 g/mol. The predicted molar refractivity (Wildman–Crippen MR) is 60.5 cm³/mol. The lowest BCUT2D eigenvalue weighted by molar-refractivity contribution is 0.114. The van der Waals surface area contributed by atoms with Crippen molar-refractivity contribution in [3.63, 3.8) is 0 Å². The zero-order valence-electron chi connectivity index (χ0n) is 9.96. The lowest BCUT2D eigenvalue weighted by Crippen LogP contribution is -2.19. The lowest BCUT2D eigenvalue weighted by atomic mass is 9.97. The number of fused-ring (bicyclic) bond motifs is 1. The van der Waals surface area contributed by atoms with Crippen molar-refractivity contribution in [3.05, 3.63) is 23.3 Å². The van der Waals surface area contributed by atoms with Crippen molar-refractivity contribution in [1.29, 1.82) is 0 Å². The summed E-state index contributed by atoms with van der Waals surface area (Å²) in [6.45, 7) is 4.08. The molecule has 0 bridgehead atoms. The summed E-state index contributed by atoms with van der Waals surface area (Å²) < 4.78 is 24.9. The second-order valence-electron chi connectivity index (χ2n) is 4.44. The van der Waals surface area contributed by atoms with Crippen molar-refractivity contribution in [2.45, 2.75) is 26.1 Å². The molecule has 0 amide bonds. The van der Waals surface area contributed by atoms with Gasteiger partial charge < -0.3 is 9.47 Å². The van der Waals surface area contributed by atoms with E-state index in [0.29, 0.717) is 35.8 Å². The Morgan fingerprint density at radius 3 is 2.71 bits per heavy atom. The number of ether oxygens (including phenoxy) is 2. The molecule has 4 nitrogen and oxygen atoms in total. The maximum Gasteiger partial charge on any atom is 0.166 e. The highest BCUT2D eigenvalue weighted by molar-refractivity contribution is 5.51. The highest BCUT2D eigenvalue weighted by atomic mass is 19.1. The van der Waals surface area contributed by atoms with Crippen LogP contribution < -0.4 is 15.4 Å². The quantitative estimate of drug-likeness (QED) is 0.823. The Kier molecular flexibility index (Phi) is 3.22. The highest BCUT2D eigenvalue weighted by Crippen LogP contribution is 2.39. The third-order valence-corrected chi connectivity index (χ3v) is 2.64. The summed E-state index contributed by atoms with van der Waals surface area (Å²) in [5.41, 5.74) is -0.224. The van der Waals surface area contributed by atoms with Crippen LogP contribution in [-0.4, -0.2) is 13.2 Å². The molecule has 0 saturated heterocycles. The van der Waals surface area contributed by atoms with Crippen LogP contribution >= 0.6 is 0 Å². The van der Waals surface area contributed by atoms with E-state index in [1.165, 1.54) is 13.8 Å². The first kappa shape index (κ1) is 12.1. The third-order valence-electron chi connectivity index (χ3n) is 2.64. The van der Waals surface area contributed by atoms with Crippen LogP contribution in [0.1, 0.15) is 25.0 Å². The van der Waals surface area contributed by atoms with E-state index in [-0.39, 0.29) is 6.61 Å². The maximum absolute atomic E-state index is 13.9. The minimum atomic E-state index is -1.45. The fourth-order valence-electron chi connectivity index (χ4n) is 1.77. The van der Waals surface area contributed by atoms with Gasteiger partial charge in [-0.05, 0) is 31.5 Å². The van der Waals surface area contributed by atoms with Crippen molar-refractivity contribution in [2.75, 3.05) is 13.2 Å². The summed E-state index contributed by atoms with van der Waals surface area (Å²) in [5.74, 6) is 6.20. The Balaban J connectivity index is 2.48. The normalized spacial score (nSPS) is 14.8. The number of hydrogen-bond acceptors (Lipinski definition) is 4. The Hall–Kier alpha value is -1.33. The molecule has 2 rings (SSSR count). The average Bonchev–Trinajstić information content (AvgIpc) is 2.28.